The Morgan fingerprint density at radius 2 is 2.19 bits per heavy atom. The molecule has 0 fully saturated rings. The van der Waals surface area contributed by atoms with Crippen molar-refractivity contribution in [3.05, 3.63) is 29.3 Å². The largest absolute Gasteiger partial charge is 0.507 e. The predicted molar refractivity (Wildman–Crippen MR) is 66.6 cm³/mol. The smallest absolute Gasteiger partial charge is 0.255 e. The lowest BCUT2D eigenvalue weighted by atomic mass is 10.1. The number of thiocarbonyl (C=S) groups is 1. The Kier molecular flexibility index (Phi) is 3.84. The Labute approximate surface area is 99.5 Å². The molecule has 1 atom stereocenters. The maximum absolute atomic E-state index is 11.7. The van der Waals surface area contributed by atoms with Crippen molar-refractivity contribution in [3.63, 3.8) is 0 Å². The third kappa shape index (κ3) is 2.70. The molecule has 0 heterocycles. The van der Waals surface area contributed by atoms with Gasteiger partial charge in [0, 0.05) is 0 Å². The van der Waals surface area contributed by atoms with Crippen molar-refractivity contribution >= 4 is 23.1 Å². The Morgan fingerprint density at radius 1 is 1.56 bits per heavy atom. The van der Waals surface area contributed by atoms with Crippen LogP contribution in [0, 0.1) is 6.92 Å². The molecule has 4 nitrogen and oxygen atoms in total. The van der Waals surface area contributed by atoms with Crippen LogP contribution in [-0.4, -0.2) is 22.0 Å². The fraction of sp³-hybridized carbons (Fsp3) is 0.273. The molecule has 1 unspecified atom stereocenters. The first-order valence-corrected chi connectivity index (χ1v) is 5.23. The van der Waals surface area contributed by atoms with Gasteiger partial charge in [-0.2, -0.15) is 0 Å². The summed E-state index contributed by atoms with van der Waals surface area (Å²) in [4.78, 5) is 12.0. The lowest BCUT2D eigenvalue weighted by Gasteiger charge is -2.13. The number of amides is 1. The van der Waals surface area contributed by atoms with Gasteiger partial charge in [-0.3, -0.25) is 4.79 Å². The summed E-state index contributed by atoms with van der Waals surface area (Å²) in [6, 6.07) is 4.57. The summed E-state index contributed by atoms with van der Waals surface area (Å²) in [7, 11) is 0. The van der Waals surface area contributed by atoms with E-state index >= 15 is 0 Å². The van der Waals surface area contributed by atoms with Crippen molar-refractivity contribution in [2.45, 2.75) is 19.9 Å². The summed E-state index contributed by atoms with van der Waals surface area (Å²) < 4.78 is 0. The summed E-state index contributed by atoms with van der Waals surface area (Å²) in [6.07, 6.45) is 0. The second kappa shape index (κ2) is 4.94. The maximum atomic E-state index is 11.7. The molecule has 5 heteroatoms. The standard InChI is InChI=1S/C11H14N2O2S/c1-6-4-3-5-8(9(6)14)11(15)13-7(2)10(12)16/h3-5,7,14H,1-2H3,(H2,12,16)(H,13,15). The van der Waals surface area contributed by atoms with E-state index in [0.717, 1.165) is 0 Å². The molecule has 1 aromatic carbocycles. The van der Waals surface area contributed by atoms with Crippen LogP contribution in [0.3, 0.4) is 0 Å². The molecule has 1 aromatic rings. The Balaban J connectivity index is 2.89. The van der Waals surface area contributed by atoms with E-state index in [1.807, 2.05) is 0 Å². The highest BCUT2D eigenvalue weighted by atomic mass is 32.1. The number of benzene rings is 1. The Morgan fingerprint density at radius 3 is 2.75 bits per heavy atom. The van der Waals surface area contributed by atoms with Crippen LogP contribution in [-0.2, 0) is 0 Å². The summed E-state index contributed by atoms with van der Waals surface area (Å²) in [5.41, 5.74) is 6.26. The molecule has 0 aliphatic heterocycles. The van der Waals surface area contributed by atoms with Gasteiger partial charge in [0.15, 0.2) is 0 Å². The third-order valence-electron chi connectivity index (χ3n) is 2.26. The van der Waals surface area contributed by atoms with E-state index in [2.05, 4.69) is 5.32 Å². The zero-order valence-corrected chi connectivity index (χ0v) is 9.97. The van der Waals surface area contributed by atoms with E-state index in [4.69, 9.17) is 18.0 Å². The van der Waals surface area contributed by atoms with Crippen LogP contribution in [0.15, 0.2) is 18.2 Å². The number of nitrogens with one attached hydrogen (secondary N) is 1. The van der Waals surface area contributed by atoms with Crippen LogP contribution in [0.1, 0.15) is 22.8 Å². The molecule has 0 bridgehead atoms. The number of carbonyl (C=O) groups is 1. The van der Waals surface area contributed by atoms with Crippen molar-refractivity contribution in [2.75, 3.05) is 0 Å². The minimum absolute atomic E-state index is 0.0184. The minimum Gasteiger partial charge on any atom is -0.507 e. The van der Waals surface area contributed by atoms with Crippen molar-refractivity contribution in [1.29, 1.82) is 0 Å². The highest BCUT2D eigenvalue weighted by Crippen LogP contribution is 2.21. The van der Waals surface area contributed by atoms with Crippen LogP contribution < -0.4 is 11.1 Å². The van der Waals surface area contributed by atoms with Gasteiger partial charge in [-0.25, -0.2) is 0 Å². The quantitative estimate of drug-likeness (QED) is 0.689. The highest BCUT2D eigenvalue weighted by Gasteiger charge is 2.15. The number of phenolic OH excluding ortho intramolecular Hbond substituents is 1. The van der Waals surface area contributed by atoms with Gasteiger partial charge in [0.2, 0.25) is 0 Å². The fourth-order valence-electron chi connectivity index (χ4n) is 1.19. The molecule has 0 saturated carbocycles. The number of aromatic hydroxyl groups is 1. The van der Waals surface area contributed by atoms with Crippen LogP contribution in [0.25, 0.3) is 0 Å². The molecule has 86 valence electrons. The van der Waals surface area contributed by atoms with Gasteiger partial charge >= 0.3 is 0 Å². The molecule has 0 aliphatic carbocycles. The van der Waals surface area contributed by atoms with Crippen molar-refractivity contribution in [2.24, 2.45) is 5.73 Å². The van der Waals surface area contributed by atoms with Gasteiger partial charge < -0.3 is 16.2 Å². The number of hydrogen-bond acceptors (Lipinski definition) is 3. The minimum atomic E-state index is -0.401. The molecule has 0 saturated heterocycles. The molecule has 16 heavy (non-hydrogen) atoms. The molecule has 0 aromatic heterocycles. The van der Waals surface area contributed by atoms with Crippen LogP contribution in [0.4, 0.5) is 0 Å². The molecule has 0 spiro atoms. The van der Waals surface area contributed by atoms with Crippen molar-refractivity contribution < 1.29 is 9.90 Å². The molecule has 1 rings (SSSR count). The number of para-hydroxylation sites is 1. The van der Waals surface area contributed by atoms with Gasteiger partial charge in [-0.05, 0) is 25.5 Å². The average molecular weight is 238 g/mol. The van der Waals surface area contributed by atoms with Crippen LogP contribution in [0.2, 0.25) is 0 Å². The molecule has 1 amide bonds. The van der Waals surface area contributed by atoms with Gasteiger partial charge in [0.1, 0.15) is 5.75 Å². The zero-order valence-electron chi connectivity index (χ0n) is 9.15. The van der Waals surface area contributed by atoms with E-state index < -0.39 is 6.04 Å². The second-order valence-corrected chi connectivity index (χ2v) is 4.04. The lowest BCUT2D eigenvalue weighted by molar-refractivity contribution is 0.0946. The van der Waals surface area contributed by atoms with E-state index in [-0.39, 0.29) is 22.2 Å². The van der Waals surface area contributed by atoms with Gasteiger partial charge in [0.05, 0.1) is 16.6 Å². The van der Waals surface area contributed by atoms with Crippen LogP contribution >= 0.6 is 12.2 Å². The number of hydrogen-bond donors (Lipinski definition) is 3. The highest BCUT2D eigenvalue weighted by molar-refractivity contribution is 7.80. The monoisotopic (exact) mass is 238 g/mol. The maximum Gasteiger partial charge on any atom is 0.255 e. The third-order valence-corrected chi connectivity index (χ3v) is 2.61. The van der Waals surface area contributed by atoms with E-state index in [9.17, 15) is 9.90 Å². The summed E-state index contributed by atoms with van der Waals surface area (Å²) in [6.45, 7) is 3.41. The van der Waals surface area contributed by atoms with Crippen molar-refractivity contribution in [3.8, 4) is 5.75 Å². The Hall–Kier alpha value is -1.62. The molecular formula is C11H14N2O2S. The molecule has 4 N–H and O–H groups in total. The summed E-state index contributed by atoms with van der Waals surface area (Å²) in [5, 5.41) is 12.3. The molecular weight excluding hydrogens is 224 g/mol. The first kappa shape index (κ1) is 12.4. The van der Waals surface area contributed by atoms with Crippen LogP contribution in [0.5, 0.6) is 5.75 Å². The predicted octanol–water partition coefficient (Wildman–Crippen LogP) is 1.11. The van der Waals surface area contributed by atoms with E-state index in [1.54, 1.807) is 32.0 Å². The molecule has 0 aliphatic rings. The summed E-state index contributed by atoms with van der Waals surface area (Å²) in [5.74, 6) is -0.406. The SMILES string of the molecule is Cc1cccc(C(=O)NC(C)C(N)=S)c1O. The van der Waals surface area contributed by atoms with E-state index in [0.29, 0.717) is 5.56 Å². The number of phenols is 1. The zero-order chi connectivity index (χ0) is 12.3. The van der Waals surface area contributed by atoms with Crippen molar-refractivity contribution in [1.82, 2.24) is 5.32 Å². The number of nitrogens with two attached hydrogens (primary N) is 1. The first-order valence-electron chi connectivity index (χ1n) is 4.82. The fourth-order valence-corrected chi connectivity index (χ4v) is 1.25. The average Bonchev–Trinajstić information content (AvgIpc) is 2.21. The summed E-state index contributed by atoms with van der Waals surface area (Å²) >= 11 is 4.75. The number of rotatable bonds is 3. The van der Waals surface area contributed by atoms with Gasteiger partial charge in [0.25, 0.3) is 5.91 Å². The number of aryl methyl sites for hydroxylation is 1. The lowest BCUT2D eigenvalue weighted by Crippen LogP contribution is -2.41. The van der Waals surface area contributed by atoms with E-state index in [1.165, 1.54) is 0 Å². The number of carbonyl (C=O) groups excluding carboxylic acids is 1. The molecule has 0 radical (unpaired) electrons. The normalized spacial score (nSPS) is 11.9. The topological polar surface area (TPSA) is 75.4 Å². The first-order chi connectivity index (χ1) is 7.43. The Bertz CT molecular complexity index is 432. The van der Waals surface area contributed by atoms with Gasteiger partial charge in [-0.1, -0.05) is 24.4 Å². The van der Waals surface area contributed by atoms with Gasteiger partial charge in [-0.15, -0.1) is 0 Å². The second-order valence-electron chi connectivity index (χ2n) is 3.57.